The third-order valence-corrected chi connectivity index (χ3v) is 2.40. The molecule has 0 aliphatic heterocycles. The van der Waals surface area contributed by atoms with Gasteiger partial charge in [0.15, 0.2) is 0 Å². The number of aromatic nitrogens is 1. The van der Waals surface area contributed by atoms with Crippen molar-refractivity contribution in [3.8, 4) is 0 Å². The van der Waals surface area contributed by atoms with Crippen LogP contribution in [0.15, 0.2) is 53.9 Å². The van der Waals surface area contributed by atoms with Crippen LogP contribution in [0.3, 0.4) is 0 Å². The maximum atomic E-state index is 11.7. The van der Waals surface area contributed by atoms with Crippen molar-refractivity contribution >= 4 is 12.1 Å². The van der Waals surface area contributed by atoms with E-state index in [-0.39, 0.29) is 5.91 Å². The summed E-state index contributed by atoms with van der Waals surface area (Å²) in [5.41, 5.74) is 5.07. The highest BCUT2D eigenvalue weighted by molar-refractivity contribution is 5.94. The maximum absolute atomic E-state index is 11.7. The summed E-state index contributed by atoms with van der Waals surface area (Å²) < 4.78 is 0. The molecule has 0 spiro atoms. The Bertz CT molecular complexity index is 547. The highest BCUT2D eigenvalue weighted by Crippen LogP contribution is 2.02. The predicted octanol–water partition coefficient (Wildman–Crippen LogP) is 2.15. The molecule has 1 heterocycles. The van der Waals surface area contributed by atoms with Gasteiger partial charge in [-0.3, -0.25) is 9.78 Å². The van der Waals surface area contributed by atoms with Gasteiger partial charge in [-0.15, -0.1) is 0 Å². The van der Waals surface area contributed by atoms with Crippen LogP contribution in [0.4, 0.5) is 0 Å². The Morgan fingerprint density at radius 3 is 2.50 bits per heavy atom. The van der Waals surface area contributed by atoms with Crippen LogP contribution in [0.1, 0.15) is 21.5 Å². The van der Waals surface area contributed by atoms with E-state index < -0.39 is 0 Å². The summed E-state index contributed by atoms with van der Waals surface area (Å²) in [5.74, 6) is -0.222. The number of carbonyl (C=O) groups excluding carboxylic acids is 1. The Morgan fingerprint density at radius 1 is 1.17 bits per heavy atom. The molecule has 1 aromatic heterocycles. The van der Waals surface area contributed by atoms with Gasteiger partial charge < -0.3 is 0 Å². The molecular weight excluding hydrogens is 226 g/mol. The van der Waals surface area contributed by atoms with E-state index in [1.807, 2.05) is 31.2 Å². The van der Waals surface area contributed by atoms with Gasteiger partial charge in [-0.2, -0.15) is 5.10 Å². The summed E-state index contributed by atoms with van der Waals surface area (Å²) in [6.07, 6.45) is 4.92. The lowest BCUT2D eigenvalue weighted by Gasteiger charge is -2.00. The molecule has 0 bridgehead atoms. The average Bonchev–Trinajstić information content (AvgIpc) is 2.40. The Labute approximate surface area is 105 Å². The van der Waals surface area contributed by atoms with Gasteiger partial charge in [-0.1, -0.05) is 17.7 Å². The Balaban J connectivity index is 1.96. The molecular formula is C14H13N3O. The minimum atomic E-state index is -0.222. The van der Waals surface area contributed by atoms with E-state index in [4.69, 9.17) is 0 Å². The second-order valence-electron chi connectivity index (χ2n) is 3.85. The minimum Gasteiger partial charge on any atom is -0.267 e. The van der Waals surface area contributed by atoms with E-state index in [1.165, 1.54) is 0 Å². The maximum Gasteiger partial charge on any atom is 0.271 e. The third kappa shape index (κ3) is 3.25. The summed E-state index contributed by atoms with van der Waals surface area (Å²) in [7, 11) is 0. The summed E-state index contributed by atoms with van der Waals surface area (Å²) in [6.45, 7) is 1.98. The van der Waals surface area contributed by atoms with E-state index in [9.17, 15) is 4.79 Å². The number of nitrogens with one attached hydrogen (secondary N) is 1. The van der Waals surface area contributed by atoms with Crippen LogP contribution in [0.2, 0.25) is 0 Å². The molecule has 0 saturated carbocycles. The van der Waals surface area contributed by atoms with Crippen molar-refractivity contribution in [2.24, 2.45) is 5.10 Å². The highest BCUT2D eigenvalue weighted by atomic mass is 16.2. The van der Waals surface area contributed by atoms with Crippen molar-refractivity contribution in [1.82, 2.24) is 10.4 Å². The standard InChI is InChI=1S/C14H13N3O/c1-11-2-4-13(5-3-11)14(18)17-16-10-12-6-8-15-9-7-12/h2-10H,1H3,(H,17,18)/b16-10-. The quantitative estimate of drug-likeness (QED) is 0.659. The molecule has 90 valence electrons. The number of pyridine rings is 1. The number of nitrogens with zero attached hydrogens (tertiary/aromatic N) is 2. The zero-order valence-electron chi connectivity index (χ0n) is 10.00. The molecule has 0 unspecified atom stereocenters. The van der Waals surface area contributed by atoms with E-state index >= 15 is 0 Å². The molecule has 1 aromatic carbocycles. The van der Waals surface area contributed by atoms with E-state index in [0.29, 0.717) is 5.56 Å². The van der Waals surface area contributed by atoms with Crippen molar-refractivity contribution in [3.05, 3.63) is 65.5 Å². The van der Waals surface area contributed by atoms with Crippen molar-refractivity contribution in [2.45, 2.75) is 6.92 Å². The fourth-order valence-corrected chi connectivity index (χ4v) is 1.38. The first-order chi connectivity index (χ1) is 8.75. The van der Waals surface area contributed by atoms with Crippen molar-refractivity contribution in [3.63, 3.8) is 0 Å². The van der Waals surface area contributed by atoms with Crippen molar-refractivity contribution in [1.29, 1.82) is 0 Å². The topological polar surface area (TPSA) is 54.4 Å². The number of hydrazone groups is 1. The molecule has 2 aromatic rings. The highest BCUT2D eigenvalue weighted by Gasteiger charge is 2.02. The first kappa shape index (κ1) is 12.0. The molecule has 18 heavy (non-hydrogen) atoms. The van der Waals surface area contributed by atoms with Crippen molar-refractivity contribution in [2.75, 3.05) is 0 Å². The molecule has 1 amide bonds. The first-order valence-corrected chi connectivity index (χ1v) is 5.56. The summed E-state index contributed by atoms with van der Waals surface area (Å²) >= 11 is 0. The SMILES string of the molecule is Cc1ccc(C(=O)N/N=C\c2ccncc2)cc1. The molecule has 0 saturated heterocycles. The third-order valence-electron chi connectivity index (χ3n) is 2.40. The minimum absolute atomic E-state index is 0.222. The van der Waals surface area contributed by atoms with Crippen LogP contribution in [-0.2, 0) is 0 Å². The van der Waals surface area contributed by atoms with Gasteiger partial charge in [-0.05, 0) is 36.8 Å². The fraction of sp³-hybridized carbons (Fsp3) is 0.0714. The lowest BCUT2D eigenvalue weighted by Crippen LogP contribution is -2.17. The predicted molar refractivity (Wildman–Crippen MR) is 70.5 cm³/mol. The van der Waals surface area contributed by atoms with Gasteiger partial charge in [0.1, 0.15) is 0 Å². The molecule has 2 rings (SSSR count). The van der Waals surface area contributed by atoms with Gasteiger partial charge in [0.2, 0.25) is 0 Å². The molecule has 4 heteroatoms. The number of hydrogen-bond donors (Lipinski definition) is 1. The molecule has 0 fully saturated rings. The molecule has 0 aliphatic carbocycles. The lowest BCUT2D eigenvalue weighted by molar-refractivity contribution is 0.0955. The Kier molecular flexibility index (Phi) is 3.81. The Hall–Kier alpha value is -2.49. The van der Waals surface area contributed by atoms with E-state index in [0.717, 1.165) is 11.1 Å². The molecule has 0 radical (unpaired) electrons. The van der Waals surface area contributed by atoms with Gasteiger partial charge in [0.05, 0.1) is 6.21 Å². The van der Waals surface area contributed by atoms with Crippen LogP contribution in [0.5, 0.6) is 0 Å². The molecule has 4 nitrogen and oxygen atoms in total. The number of hydrogen-bond acceptors (Lipinski definition) is 3. The number of aryl methyl sites for hydroxylation is 1. The van der Waals surface area contributed by atoms with Gasteiger partial charge in [-0.25, -0.2) is 5.43 Å². The number of carbonyl (C=O) groups is 1. The van der Waals surface area contributed by atoms with E-state index in [2.05, 4.69) is 15.5 Å². The zero-order chi connectivity index (χ0) is 12.8. The average molecular weight is 239 g/mol. The van der Waals surface area contributed by atoms with Crippen LogP contribution < -0.4 is 5.43 Å². The smallest absolute Gasteiger partial charge is 0.267 e. The second-order valence-corrected chi connectivity index (χ2v) is 3.85. The zero-order valence-corrected chi connectivity index (χ0v) is 10.00. The molecule has 1 N–H and O–H groups in total. The monoisotopic (exact) mass is 239 g/mol. The number of amides is 1. The van der Waals surface area contributed by atoms with E-state index in [1.54, 1.807) is 30.7 Å². The Morgan fingerprint density at radius 2 is 1.83 bits per heavy atom. The van der Waals surface area contributed by atoms with Gasteiger partial charge in [0.25, 0.3) is 5.91 Å². The van der Waals surface area contributed by atoms with Crippen LogP contribution in [-0.4, -0.2) is 17.1 Å². The molecule has 0 aliphatic rings. The molecule has 0 atom stereocenters. The first-order valence-electron chi connectivity index (χ1n) is 5.56. The van der Waals surface area contributed by atoms with Gasteiger partial charge >= 0.3 is 0 Å². The largest absolute Gasteiger partial charge is 0.271 e. The lowest BCUT2D eigenvalue weighted by atomic mass is 10.1. The number of rotatable bonds is 3. The summed E-state index contributed by atoms with van der Waals surface area (Å²) in [6, 6.07) is 10.9. The van der Waals surface area contributed by atoms with Crippen LogP contribution >= 0.6 is 0 Å². The summed E-state index contributed by atoms with van der Waals surface area (Å²) in [5, 5.41) is 3.89. The van der Waals surface area contributed by atoms with Crippen LogP contribution in [0.25, 0.3) is 0 Å². The number of benzene rings is 1. The second kappa shape index (κ2) is 5.72. The van der Waals surface area contributed by atoms with Gasteiger partial charge in [0, 0.05) is 18.0 Å². The van der Waals surface area contributed by atoms with Crippen molar-refractivity contribution < 1.29 is 4.79 Å². The van der Waals surface area contributed by atoms with Crippen LogP contribution in [0, 0.1) is 6.92 Å². The normalized spacial score (nSPS) is 10.5. The summed E-state index contributed by atoms with van der Waals surface area (Å²) in [4.78, 5) is 15.6. The fourth-order valence-electron chi connectivity index (χ4n) is 1.38.